The van der Waals surface area contributed by atoms with Crippen LogP contribution in [0.4, 0.5) is 0 Å². The fourth-order valence-electron chi connectivity index (χ4n) is 5.93. The summed E-state index contributed by atoms with van der Waals surface area (Å²) in [5.74, 6) is 1.59. The van der Waals surface area contributed by atoms with Crippen LogP contribution < -0.4 is 0 Å². The third-order valence-corrected chi connectivity index (χ3v) is 8.04. The molecule has 1 fully saturated rings. The number of nitrogens with zero attached hydrogens (tertiary/aromatic N) is 12. The van der Waals surface area contributed by atoms with Gasteiger partial charge in [-0.3, -0.25) is 19.8 Å². The van der Waals surface area contributed by atoms with Crippen LogP contribution in [0.2, 0.25) is 0 Å². The lowest BCUT2D eigenvalue weighted by molar-refractivity contribution is 0.0823. The van der Waals surface area contributed by atoms with E-state index in [0.29, 0.717) is 13.1 Å². The Hall–Kier alpha value is -5.20. The van der Waals surface area contributed by atoms with Crippen LogP contribution in [-0.2, 0) is 13.1 Å². The minimum absolute atomic E-state index is 0.148. The van der Waals surface area contributed by atoms with E-state index in [9.17, 15) is 0 Å². The van der Waals surface area contributed by atoms with Crippen molar-refractivity contribution in [2.45, 2.75) is 25.2 Å². The van der Waals surface area contributed by atoms with E-state index in [1.54, 1.807) is 12.4 Å². The second kappa shape index (κ2) is 13.0. The van der Waals surface area contributed by atoms with Gasteiger partial charge in [-0.1, -0.05) is 72.8 Å². The third kappa shape index (κ3) is 5.98. The van der Waals surface area contributed by atoms with Gasteiger partial charge in [-0.25, -0.2) is 9.36 Å². The SMILES string of the molecule is c1ccc(Cn2nnnc2C(c2cccnc2)N2CCN(C(c3cccnc3)c3nnnn3Cc3ccccc3)CC2)cc1. The summed E-state index contributed by atoms with van der Waals surface area (Å²) in [5, 5.41) is 26.0. The smallest absolute Gasteiger partial charge is 0.173 e. The Morgan fingerprint density at radius 1 is 0.523 bits per heavy atom. The lowest BCUT2D eigenvalue weighted by Crippen LogP contribution is -2.50. The lowest BCUT2D eigenvalue weighted by atomic mass is 10.0. The maximum atomic E-state index is 4.54. The largest absolute Gasteiger partial charge is 0.287 e. The molecule has 12 heteroatoms. The number of piperazine rings is 1. The molecule has 1 aliphatic rings. The van der Waals surface area contributed by atoms with Crippen LogP contribution in [-0.4, -0.2) is 86.4 Å². The minimum Gasteiger partial charge on any atom is -0.287 e. The molecule has 1 aliphatic heterocycles. The zero-order chi connectivity index (χ0) is 29.6. The lowest BCUT2D eigenvalue weighted by Gasteiger charge is -2.41. The monoisotopic (exact) mass is 584 g/mol. The van der Waals surface area contributed by atoms with E-state index in [0.717, 1.165) is 60.1 Å². The molecule has 0 amide bonds. The van der Waals surface area contributed by atoms with Gasteiger partial charge in [0.1, 0.15) is 0 Å². The topological polar surface area (TPSA) is 119 Å². The van der Waals surface area contributed by atoms with E-state index in [4.69, 9.17) is 0 Å². The van der Waals surface area contributed by atoms with Crippen LogP contribution in [0.25, 0.3) is 0 Å². The maximum Gasteiger partial charge on any atom is 0.173 e. The van der Waals surface area contributed by atoms with Crippen LogP contribution in [0.1, 0.15) is 46.0 Å². The predicted octanol–water partition coefficient (Wildman–Crippen LogP) is 3.04. The highest BCUT2D eigenvalue weighted by molar-refractivity contribution is 5.25. The Labute approximate surface area is 255 Å². The van der Waals surface area contributed by atoms with Crippen molar-refractivity contribution < 1.29 is 0 Å². The summed E-state index contributed by atoms with van der Waals surface area (Å²) in [6.45, 7) is 4.33. The Morgan fingerprint density at radius 3 is 1.34 bits per heavy atom. The zero-order valence-electron chi connectivity index (χ0n) is 24.2. The summed E-state index contributed by atoms with van der Waals surface area (Å²) in [7, 11) is 0. The number of aromatic nitrogens is 10. The van der Waals surface area contributed by atoms with Crippen LogP contribution >= 0.6 is 0 Å². The number of tetrazole rings is 2. The van der Waals surface area contributed by atoms with Gasteiger partial charge >= 0.3 is 0 Å². The van der Waals surface area contributed by atoms with Gasteiger partial charge < -0.3 is 0 Å². The van der Waals surface area contributed by atoms with Crippen LogP contribution in [0.3, 0.4) is 0 Å². The Bertz CT molecular complexity index is 1600. The van der Waals surface area contributed by atoms with Gasteiger partial charge in [-0.2, -0.15) is 0 Å². The highest BCUT2D eigenvalue weighted by atomic mass is 15.6. The molecule has 7 rings (SSSR count). The van der Waals surface area contributed by atoms with Crippen LogP contribution in [0, 0.1) is 0 Å². The molecule has 0 bridgehead atoms. The van der Waals surface area contributed by atoms with Crippen molar-refractivity contribution in [3.8, 4) is 0 Å². The highest BCUT2D eigenvalue weighted by Gasteiger charge is 2.35. The van der Waals surface area contributed by atoms with Crippen molar-refractivity contribution in [2.75, 3.05) is 26.2 Å². The summed E-state index contributed by atoms with van der Waals surface area (Å²) >= 11 is 0. The minimum atomic E-state index is -0.148. The Balaban J connectivity index is 1.16. The maximum absolute atomic E-state index is 4.54. The number of rotatable bonds is 10. The molecular formula is C32H32N12. The van der Waals surface area contributed by atoms with Gasteiger partial charge in [-0.05, 0) is 55.2 Å². The number of hydrogen-bond donors (Lipinski definition) is 0. The molecule has 4 aromatic heterocycles. The summed E-state index contributed by atoms with van der Waals surface area (Å²) < 4.78 is 3.80. The van der Waals surface area contributed by atoms with E-state index in [-0.39, 0.29) is 12.1 Å². The second-order valence-electron chi connectivity index (χ2n) is 10.8. The first-order chi connectivity index (χ1) is 21.8. The fourth-order valence-corrected chi connectivity index (χ4v) is 5.93. The van der Waals surface area contributed by atoms with Crippen molar-refractivity contribution in [3.63, 3.8) is 0 Å². The number of pyridine rings is 2. The first-order valence-corrected chi connectivity index (χ1v) is 14.7. The van der Waals surface area contributed by atoms with Gasteiger partial charge in [0.05, 0.1) is 25.2 Å². The molecule has 5 heterocycles. The Kier molecular flexibility index (Phi) is 8.15. The first kappa shape index (κ1) is 27.6. The molecule has 44 heavy (non-hydrogen) atoms. The van der Waals surface area contributed by atoms with Gasteiger partial charge in [0, 0.05) is 51.0 Å². The molecule has 0 N–H and O–H groups in total. The molecule has 2 unspecified atom stereocenters. The molecular weight excluding hydrogens is 552 g/mol. The highest BCUT2D eigenvalue weighted by Crippen LogP contribution is 2.32. The molecule has 0 aliphatic carbocycles. The second-order valence-corrected chi connectivity index (χ2v) is 10.8. The molecule has 0 saturated carbocycles. The molecule has 2 aromatic carbocycles. The first-order valence-electron chi connectivity index (χ1n) is 14.7. The van der Waals surface area contributed by atoms with Gasteiger partial charge in [0.25, 0.3) is 0 Å². The van der Waals surface area contributed by atoms with E-state index in [2.05, 4.69) is 87.2 Å². The van der Waals surface area contributed by atoms with E-state index < -0.39 is 0 Å². The van der Waals surface area contributed by atoms with Crippen molar-refractivity contribution in [3.05, 3.63) is 144 Å². The summed E-state index contributed by atoms with van der Waals surface area (Å²) in [5.41, 5.74) is 4.40. The average Bonchev–Trinajstić information content (AvgIpc) is 3.74. The molecule has 2 atom stereocenters. The van der Waals surface area contributed by atoms with Crippen LogP contribution in [0.5, 0.6) is 0 Å². The summed E-state index contributed by atoms with van der Waals surface area (Å²) in [6.07, 6.45) is 7.41. The Morgan fingerprint density at radius 2 is 0.955 bits per heavy atom. The number of benzene rings is 2. The van der Waals surface area contributed by atoms with E-state index >= 15 is 0 Å². The van der Waals surface area contributed by atoms with Crippen molar-refractivity contribution in [1.29, 1.82) is 0 Å². The van der Waals surface area contributed by atoms with Gasteiger partial charge in [-0.15, -0.1) is 10.2 Å². The van der Waals surface area contributed by atoms with Crippen molar-refractivity contribution in [2.24, 2.45) is 0 Å². The zero-order valence-corrected chi connectivity index (χ0v) is 24.2. The van der Waals surface area contributed by atoms with Gasteiger partial charge in [0.2, 0.25) is 0 Å². The molecule has 1 saturated heterocycles. The normalized spacial score (nSPS) is 15.6. The molecule has 0 radical (unpaired) electrons. The van der Waals surface area contributed by atoms with E-state index in [1.165, 1.54) is 0 Å². The molecule has 0 spiro atoms. The number of hydrogen-bond acceptors (Lipinski definition) is 10. The molecule has 6 aromatic rings. The van der Waals surface area contributed by atoms with Gasteiger partial charge in [0.15, 0.2) is 11.6 Å². The van der Waals surface area contributed by atoms with Crippen molar-refractivity contribution in [1.82, 2.24) is 60.2 Å². The summed E-state index contributed by atoms with van der Waals surface area (Å²) in [4.78, 5) is 13.8. The predicted molar refractivity (Wildman–Crippen MR) is 162 cm³/mol. The van der Waals surface area contributed by atoms with Crippen molar-refractivity contribution >= 4 is 0 Å². The van der Waals surface area contributed by atoms with E-state index in [1.807, 2.05) is 70.3 Å². The van der Waals surface area contributed by atoms with Crippen LogP contribution in [0.15, 0.2) is 110 Å². The average molecular weight is 585 g/mol. The molecule has 12 nitrogen and oxygen atoms in total. The fraction of sp³-hybridized carbons (Fsp3) is 0.250. The standard InChI is InChI=1S/C32H32N12/c1-3-9-25(10-4-1)23-43-31(35-37-39-43)29(27-13-7-15-33-21-27)41-17-19-42(20-18-41)30(28-14-8-16-34-22-28)32-36-38-40-44(32)24-26-11-5-2-6-12-26/h1-16,21-22,29-30H,17-20,23-24H2. The summed E-state index contributed by atoms with van der Waals surface area (Å²) in [6, 6.07) is 28.4. The third-order valence-electron chi connectivity index (χ3n) is 8.04. The molecule has 220 valence electrons. The quantitative estimate of drug-likeness (QED) is 0.238.